The van der Waals surface area contributed by atoms with Gasteiger partial charge in [0.05, 0.1) is 4.92 Å². The van der Waals surface area contributed by atoms with Crippen molar-refractivity contribution in [3.63, 3.8) is 0 Å². The number of hydrogen-bond donors (Lipinski definition) is 0. The van der Waals surface area contributed by atoms with Gasteiger partial charge in [0.2, 0.25) is 0 Å². The van der Waals surface area contributed by atoms with Crippen molar-refractivity contribution in [2.75, 3.05) is 13.1 Å². The fourth-order valence-corrected chi connectivity index (χ4v) is 4.61. The second-order valence-electron chi connectivity index (χ2n) is 8.05. The van der Waals surface area contributed by atoms with E-state index in [-0.39, 0.29) is 16.3 Å². The third kappa shape index (κ3) is 3.73. The summed E-state index contributed by atoms with van der Waals surface area (Å²) in [4.78, 5) is 25.4. The Morgan fingerprint density at radius 3 is 2.36 bits per heavy atom. The Labute approximate surface area is 163 Å². The van der Waals surface area contributed by atoms with Crippen LogP contribution in [0.3, 0.4) is 0 Å². The van der Waals surface area contributed by atoms with Crippen molar-refractivity contribution < 1.29 is 4.92 Å². The SMILES string of the molecule is Cn1nc(C2CCN(Cc3ccc([N+](=O)[O-])cc3)CC2)n(C2CCCC2)c1=O. The number of piperidine rings is 1. The van der Waals surface area contributed by atoms with Crippen molar-refractivity contribution in [2.45, 2.75) is 57.0 Å². The van der Waals surface area contributed by atoms with Crippen LogP contribution in [-0.4, -0.2) is 37.3 Å². The molecule has 0 amide bonds. The molecule has 0 radical (unpaired) electrons. The Kier molecular flexibility index (Phi) is 5.30. The Morgan fingerprint density at radius 1 is 1.11 bits per heavy atom. The monoisotopic (exact) mass is 385 g/mol. The van der Waals surface area contributed by atoms with E-state index in [4.69, 9.17) is 0 Å². The highest BCUT2D eigenvalue weighted by molar-refractivity contribution is 5.32. The second-order valence-corrected chi connectivity index (χ2v) is 8.05. The van der Waals surface area contributed by atoms with Crippen LogP contribution in [0.2, 0.25) is 0 Å². The highest BCUT2D eigenvalue weighted by Crippen LogP contribution is 2.33. The lowest BCUT2D eigenvalue weighted by Gasteiger charge is -2.32. The number of nitro benzene ring substituents is 1. The summed E-state index contributed by atoms with van der Waals surface area (Å²) in [6.07, 6.45) is 6.51. The fourth-order valence-electron chi connectivity index (χ4n) is 4.61. The van der Waals surface area contributed by atoms with Crippen LogP contribution >= 0.6 is 0 Å². The maximum Gasteiger partial charge on any atom is 0.345 e. The number of aryl methyl sites for hydroxylation is 1. The van der Waals surface area contributed by atoms with Gasteiger partial charge in [-0.15, -0.1) is 0 Å². The lowest BCUT2D eigenvalue weighted by molar-refractivity contribution is -0.384. The Hall–Kier alpha value is -2.48. The molecule has 2 aliphatic rings. The molecule has 150 valence electrons. The molecule has 1 saturated heterocycles. The van der Waals surface area contributed by atoms with Crippen LogP contribution in [-0.2, 0) is 13.6 Å². The Bertz CT molecular complexity index is 888. The number of hydrogen-bond acceptors (Lipinski definition) is 5. The average Bonchev–Trinajstić information content (AvgIpc) is 3.31. The van der Waals surface area contributed by atoms with Crippen LogP contribution in [0.4, 0.5) is 5.69 Å². The van der Waals surface area contributed by atoms with Crippen LogP contribution in [0, 0.1) is 10.1 Å². The van der Waals surface area contributed by atoms with Crippen LogP contribution < -0.4 is 5.69 Å². The molecule has 1 aromatic heterocycles. The quantitative estimate of drug-likeness (QED) is 0.583. The highest BCUT2D eigenvalue weighted by Gasteiger charge is 2.30. The fraction of sp³-hybridized carbons (Fsp3) is 0.600. The smallest absolute Gasteiger partial charge is 0.299 e. The molecule has 0 spiro atoms. The first-order chi connectivity index (χ1) is 13.5. The zero-order chi connectivity index (χ0) is 19.7. The van der Waals surface area contributed by atoms with Gasteiger partial charge in [-0.1, -0.05) is 25.0 Å². The van der Waals surface area contributed by atoms with Crippen LogP contribution in [0.1, 0.15) is 61.9 Å². The number of nitro groups is 1. The summed E-state index contributed by atoms with van der Waals surface area (Å²) < 4.78 is 3.47. The number of nitrogens with zero attached hydrogens (tertiary/aromatic N) is 5. The van der Waals surface area contributed by atoms with Gasteiger partial charge in [-0.3, -0.25) is 19.6 Å². The molecule has 2 heterocycles. The number of non-ortho nitro benzene ring substituents is 1. The van der Waals surface area contributed by atoms with E-state index >= 15 is 0 Å². The van der Waals surface area contributed by atoms with Gasteiger partial charge in [-0.25, -0.2) is 9.48 Å². The van der Waals surface area contributed by atoms with Crippen molar-refractivity contribution in [1.29, 1.82) is 0 Å². The maximum atomic E-state index is 12.6. The summed E-state index contributed by atoms with van der Waals surface area (Å²) in [5, 5.41) is 15.4. The van der Waals surface area contributed by atoms with Gasteiger partial charge < -0.3 is 0 Å². The summed E-state index contributed by atoms with van der Waals surface area (Å²) in [7, 11) is 1.75. The van der Waals surface area contributed by atoms with Gasteiger partial charge in [0.15, 0.2) is 0 Å². The number of aromatic nitrogens is 3. The molecule has 1 aromatic carbocycles. The third-order valence-electron chi connectivity index (χ3n) is 6.18. The third-order valence-corrected chi connectivity index (χ3v) is 6.18. The topological polar surface area (TPSA) is 86.2 Å². The van der Waals surface area contributed by atoms with E-state index in [0.29, 0.717) is 12.0 Å². The van der Waals surface area contributed by atoms with Crippen LogP contribution in [0.5, 0.6) is 0 Å². The van der Waals surface area contributed by atoms with Gasteiger partial charge in [0.1, 0.15) is 5.82 Å². The van der Waals surface area contributed by atoms with Gasteiger partial charge in [0, 0.05) is 37.7 Å². The Morgan fingerprint density at radius 2 is 1.75 bits per heavy atom. The van der Waals surface area contributed by atoms with Crippen LogP contribution in [0.15, 0.2) is 29.1 Å². The standard InChI is InChI=1S/C20H27N5O3/c1-22-20(26)24(17-4-2-3-5-17)19(21-22)16-10-12-23(13-11-16)14-15-6-8-18(9-7-15)25(27)28/h6-9,16-17H,2-5,10-14H2,1H3. The molecule has 0 unspecified atom stereocenters. The van der Waals surface area contributed by atoms with E-state index in [9.17, 15) is 14.9 Å². The van der Waals surface area contributed by atoms with Gasteiger partial charge in [-0.05, 0) is 44.3 Å². The number of likely N-dealkylation sites (tertiary alicyclic amines) is 1. The highest BCUT2D eigenvalue weighted by atomic mass is 16.6. The van der Waals surface area contributed by atoms with E-state index in [1.807, 2.05) is 16.7 Å². The molecule has 0 bridgehead atoms. The first kappa shape index (κ1) is 18.9. The maximum absolute atomic E-state index is 12.6. The summed E-state index contributed by atoms with van der Waals surface area (Å²) in [6, 6.07) is 7.11. The lowest BCUT2D eigenvalue weighted by Crippen LogP contribution is -2.34. The zero-order valence-corrected chi connectivity index (χ0v) is 16.3. The molecular formula is C20H27N5O3. The van der Waals surface area contributed by atoms with Gasteiger partial charge >= 0.3 is 5.69 Å². The molecule has 2 fully saturated rings. The number of rotatable bonds is 5. The van der Waals surface area contributed by atoms with Crippen molar-refractivity contribution in [2.24, 2.45) is 7.05 Å². The summed E-state index contributed by atoms with van der Waals surface area (Å²) in [5.41, 5.74) is 1.24. The molecule has 2 aromatic rings. The molecule has 8 heteroatoms. The minimum atomic E-state index is -0.369. The molecule has 8 nitrogen and oxygen atoms in total. The van der Waals surface area contributed by atoms with Gasteiger partial charge in [-0.2, -0.15) is 5.10 Å². The van der Waals surface area contributed by atoms with E-state index in [1.54, 1.807) is 19.2 Å². The molecule has 28 heavy (non-hydrogen) atoms. The largest absolute Gasteiger partial charge is 0.345 e. The second kappa shape index (κ2) is 7.87. The first-order valence-electron chi connectivity index (χ1n) is 10.1. The predicted octanol–water partition coefficient (Wildman–Crippen LogP) is 2.98. The average molecular weight is 385 g/mol. The minimum absolute atomic E-state index is 0.0233. The van der Waals surface area contributed by atoms with Crippen molar-refractivity contribution >= 4 is 5.69 Å². The van der Waals surface area contributed by atoms with Crippen molar-refractivity contribution in [3.05, 3.63) is 56.3 Å². The van der Waals surface area contributed by atoms with E-state index in [0.717, 1.165) is 56.7 Å². The molecule has 1 saturated carbocycles. The van der Waals surface area contributed by atoms with E-state index in [1.165, 1.54) is 17.5 Å². The molecule has 0 atom stereocenters. The molecule has 1 aliphatic carbocycles. The molecule has 1 aliphatic heterocycles. The number of benzene rings is 1. The van der Waals surface area contributed by atoms with Crippen LogP contribution in [0.25, 0.3) is 0 Å². The molecule has 4 rings (SSSR count). The first-order valence-corrected chi connectivity index (χ1v) is 10.1. The van der Waals surface area contributed by atoms with E-state index < -0.39 is 0 Å². The molecule has 0 N–H and O–H groups in total. The minimum Gasteiger partial charge on any atom is -0.299 e. The molecular weight excluding hydrogens is 358 g/mol. The zero-order valence-electron chi connectivity index (χ0n) is 16.3. The lowest BCUT2D eigenvalue weighted by atomic mass is 9.95. The summed E-state index contributed by atoms with van der Waals surface area (Å²) in [6.45, 7) is 2.68. The Balaban J connectivity index is 1.41. The van der Waals surface area contributed by atoms with E-state index in [2.05, 4.69) is 10.00 Å². The van der Waals surface area contributed by atoms with Gasteiger partial charge in [0.25, 0.3) is 5.69 Å². The normalized spacial score (nSPS) is 19.3. The summed E-state index contributed by atoms with van der Waals surface area (Å²) >= 11 is 0. The summed E-state index contributed by atoms with van der Waals surface area (Å²) in [5.74, 6) is 1.29. The van der Waals surface area contributed by atoms with Crippen molar-refractivity contribution in [1.82, 2.24) is 19.2 Å². The van der Waals surface area contributed by atoms with Crippen molar-refractivity contribution in [3.8, 4) is 0 Å². The predicted molar refractivity (Wildman–Crippen MR) is 105 cm³/mol.